The largest absolute Gasteiger partial charge is 0.366 e. The Kier molecular flexibility index (Phi) is 3.34. The average molecular weight is 307 g/mol. The highest BCUT2D eigenvalue weighted by Gasteiger charge is 2.22. The zero-order valence-corrected chi connectivity index (χ0v) is 12.2. The van der Waals surface area contributed by atoms with Crippen LogP contribution in [0.1, 0.15) is 34.6 Å². The molecule has 0 saturated heterocycles. The molecular weight excluding hydrogens is 294 g/mol. The van der Waals surface area contributed by atoms with Gasteiger partial charge in [-0.05, 0) is 41.3 Å². The van der Waals surface area contributed by atoms with E-state index in [1.807, 2.05) is 36.4 Å². The molecule has 1 aromatic heterocycles. The first kappa shape index (κ1) is 13.6. The number of hydrogen-bond donors (Lipinski definition) is 0. The Bertz CT molecular complexity index is 909. The van der Waals surface area contributed by atoms with E-state index >= 15 is 0 Å². The molecule has 2 aromatic carbocycles. The van der Waals surface area contributed by atoms with Crippen LogP contribution < -0.4 is 0 Å². The summed E-state index contributed by atoms with van der Waals surface area (Å²) in [7, 11) is 0. The van der Waals surface area contributed by atoms with Gasteiger partial charge in [-0.1, -0.05) is 46.7 Å². The second-order valence-corrected chi connectivity index (χ2v) is 5.36. The molecule has 0 aliphatic heterocycles. The second kappa shape index (κ2) is 5.64. The van der Waals surface area contributed by atoms with Crippen LogP contribution in [-0.4, -0.2) is 22.0 Å². The van der Waals surface area contributed by atoms with E-state index in [9.17, 15) is 4.79 Å². The molecule has 114 valence electrons. The maximum Gasteiger partial charge on any atom is 0.366 e. The molecule has 0 bridgehead atoms. The zero-order chi connectivity index (χ0) is 15.6. The van der Waals surface area contributed by atoms with Crippen LogP contribution in [0.5, 0.6) is 0 Å². The third kappa shape index (κ3) is 2.48. The normalized spacial score (nSPS) is 15.6. The van der Waals surface area contributed by atoms with Crippen molar-refractivity contribution in [3.63, 3.8) is 0 Å². The standard InChI is InChI=1S/C17H13N3O3/c21-17(13-8-3-6-11-5-1-2-7-12(11)13)22-18-14-9-4-10-15-16(14)20-23-19-15/h1-3,5-8H,4,9-10H2/b18-14-. The Labute approximate surface area is 131 Å². The molecule has 1 aliphatic carbocycles. The van der Waals surface area contributed by atoms with Gasteiger partial charge >= 0.3 is 5.97 Å². The number of hydrogen-bond acceptors (Lipinski definition) is 6. The van der Waals surface area contributed by atoms with Gasteiger partial charge < -0.3 is 4.84 Å². The summed E-state index contributed by atoms with van der Waals surface area (Å²) in [5, 5.41) is 13.5. The van der Waals surface area contributed by atoms with E-state index in [-0.39, 0.29) is 0 Å². The molecule has 6 heteroatoms. The van der Waals surface area contributed by atoms with Crippen LogP contribution >= 0.6 is 0 Å². The number of nitrogens with zero attached hydrogens (tertiary/aromatic N) is 3. The van der Waals surface area contributed by atoms with Crippen molar-refractivity contribution in [3.8, 4) is 0 Å². The molecule has 0 saturated carbocycles. The summed E-state index contributed by atoms with van der Waals surface area (Å²) in [6.07, 6.45) is 2.37. The van der Waals surface area contributed by atoms with Gasteiger partial charge in [-0.25, -0.2) is 9.42 Å². The van der Waals surface area contributed by atoms with E-state index in [2.05, 4.69) is 15.5 Å². The predicted molar refractivity (Wildman–Crippen MR) is 83.1 cm³/mol. The number of rotatable bonds is 2. The summed E-state index contributed by atoms with van der Waals surface area (Å²) >= 11 is 0. The summed E-state index contributed by atoms with van der Waals surface area (Å²) in [4.78, 5) is 17.5. The second-order valence-electron chi connectivity index (χ2n) is 5.36. The quantitative estimate of drug-likeness (QED) is 0.537. The van der Waals surface area contributed by atoms with E-state index in [0.717, 1.165) is 29.3 Å². The molecule has 1 aliphatic rings. The van der Waals surface area contributed by atoms with Crippen molar-refractivity contribution < 1.29 is 14.3 Å². The lowest BCUT2D eigenvalue weighted by atomic mass is 9.99. The van der Waals surface area contributed by atoms with Crippen molar-refractivity contribution in [1.82, 2.24) is 10.3 Å². The molecule has 0 fully saturated rings. The maximum atomic E-state index is 12.4. The summed E-state index contributed by atoms with van der Waals surface area (Å²) < 4.78 is 4.73. The van der Waals surface area contributed by atoms with Crippen LogP contribution in [-0.2, 0) is 11.3 Å². The van der Waals surface area contributed by atoms with Gasteiger partial charge in [0.2, 0.25) is 0 Å². The van der Waals surface area contributed by atoms with E-state index in [1.165, 1.54) is 0 Å². The Morgan fingerprint density at radius 2 is 1.96 bits per heavy atom. The smallest absolute Gasteiger partial charge is 0.312 e. The lowest BCUT2D eigenvalue weighted by molar-refractivity contribution is 0.0517. The predicted octanol–water partition coefficient (Wildman–Crippen LogP) is 3.12. The van der Waals surface area contributed by atoms with Crippen molar-refractivity contribution in [1.29, 1.82) is 0 Å². The van der Waals surface area contributed by atoms with Crippen molar-refractivity contribution in [3.05, 3.63) is 59.4 Å². The monoisotopic (exact) mass is 307 g/mol. The minimum atomic E-state index is -0.488. The van der Waals surface area contributed by atoms with E-state index < -0.39 is 5.97 Å². The fraction of sp³-hybridized carbons (Fsp3) is 0.176. The molecule has 6 nitrogen and oxygen atoms in total. The SMILES string of the molecule is O=C(O/N=C1/CCCc2nonc21)c1cccc2ccccc12. The van der Waals surface area contributed by atoms with Crippen LogP contribution in [0, 0.1) is 0 Å². The molecule has 0 unspecified atom stereocenters. The van der Waals surface area contributed by atoms with Gasteiger partial charge in [0, 0.05) is 0 Å². The summed E-state index contributed by atoms with van der Waals surface area (Å²) in [6.45, 7) is 0. The Balaban J connectivity index is 1.63. The molecule has 0 spiro atoms. The zero-order valence-electron chi connectivity index (χ0n) is 12.2. The van der Waals surface area contributed by atoms with Gasteiger partial charge in [-0.2, -0.15) is 0 Å². The van der Waals surface area contributed by atoms with Gasteiger partial charge in [0.25, 0.3) is 0 Å². The van der Waals surface area contributed by atoms with Crippen LogP contribution in [0.3, 0.4) is 0 Å². The van der Waals surface area contributed by atoms with Crippen molar-refractivity contribution in [2.24, 2.45) is 5.16 Å². The fourth-order valence-electron chi connectivity index (χ4n) is 2.77. The van der Waals surface area contributed by atoms with Crippen LogP contribution in [0.2, 0.25) is 0 Å². The third-order valence-electron chi connectivity index (χ3n) is 3.91. The number of fused-ring (bicyclic) bond motifs is 2. The molecular formula is C17H13N3O3. The first-order valence-corrected chi connectivity index (χ1v) is 7.41. The number of benzene rings is 2. The highest BCUT2D eigenvalue weighted by molar-refractivity contribution is 6.05. The molecule has 0 atom stereocenters. The van der Waals surface area contributed by atoms with E-state index in [0.29, 0.717) is 23.4 Å². The molecule has 3 aromatic rings. The number of carbonyl (C=O) groups is 1. The lowest BCUT2D eigenvalue weighted by Gasteiger charge is -2.09. The first-order chi connectivity index (χ1) is 11.3. The summed E-state index contributed by atoms with van der Waals surface area (Å²) in [5.74, 6) is -0.488. The molecule has 4 rings (SSSR count). The van der Waals surface area contributed by atoms with Gasteiger partial charge in [0.05, 0.1) is 5.56 Å². The van der Waals surface area contributed by atoms with E-state index in [1.54, 1.807) is 6.07 Å². The average Bonchev–Trinajstić information content (AvgIpc) is 3.08. The summed E-state index contributed by atoms with van der Waals surface area (Å²) in [5.41, 5.74) is 2.43. The highest BCUT2D eigenvalue weighted by Crippen LogP contribution is 2.21. The molecule has 23 heavy (non-hydrogen) atoms. The molecule has 1 heterocycles. The topological polar surface area (TPSA) is 77.6 Å². The van der Waals surface area contributed by atoms with Crippen LogP contribution in [0.15, 0.2) is 52.2 Å². The Morgan fingerprint density at radius 3 is 2.91 bits per heavy atom. The van der Waals surface area contributed by atoms with Crippen molar-refractivity contribution >= 4 is 22.5 Å². The Hall–Kier alpha value is -3.02. The number of carbonyl (C=O) groups excluding carboxylic acids is 1. The van der Waals surface area contributed by atoms with Gasteiger partial charge in [-0.3, -0.25) is 0 Å². The van der Waals surface area contributed by atoms with Gasteiger partial charge in [-0.15, -0.1) is 0 Å². The minimum absolute atomic E-state index is 0.488. The maximum absolute atomic E-state index is 12.4. The van der Waals surface area contributed by atoms with E-state index in [4.69, 9.17) is 9.47 Å². The minimum Gasteiger partial charge on any atom is -0.312 e. The van der Waals surface area contributed by atoms with Crippen LogP contribution in [0.4, 0.5) is 0 Å². The van der Waals surface area contributed by atoms with Crippen LogP contribution in [0.25, 0.3) is 10.8 Å². The lowest BCUT2D eigenvalue weighted by Crippen LogP contribution is -2.13. The first-order valence-electron chi connectivity index (χ1n) is 7.41. The highest BCUT2D eigenvalue weighted by atomic mass is 16.7. The fourth-order valence-corrected chi connectivity index (χ4v) is 2.77. The Morgan fingerprint density at radius 1 is 1.09 bits per heavy atom. The van der Waals surface area contributed by atoms with Gasteiger partial charge in [0.1, 0.15) is 11.4 Å². The number of aryl methyl sites for hydroxylation is 1. The third-order valence-corrected chi connectivity index (χ3v) is 3.91. The summed E-state index contributed by atoms with van der Waals surface area (Å²) in [6, 6.07) is 13.2. The molecule has 0 N–H and O–H groups in total. The number of oxime groups is 1. The van der Waals surface area contributed by atoms with Crippen molar-refractivity contribution in [2.75, 3.05) is 0 Å². The number of aromatic nitrogens is 2. The molecule has 0 radical (unpaired) electrons. The molecule has 0 amide bonds. The van der Waals surface area contributed by atoms with Gasteiger partial charge in [0.15, 0.2) is 5.69 Å². The van der Waals surface area contributed by atoms with Crippen molar-refractivity contribution in [2.45, 2.75) is 19.3 Å².